The summed E-state index contributed by atoms with van der Waals surface area (Å²) in [4.78, 5) is 20.9. The van der Waals surface area contributed by atoms with Gasteiger partial charge in [0, 0.05) is 17.7 Å². The average Bonchev–Trinajstić information content (AvgIpc) is 3.33. The van der Waals surface area contributed by atoms with Gasteiger partial charge in [0.15, 0.2) is 17.5 Å². The van der Waals surface area contributed by atoms with Gasteiger partial charge in [0.2, 0.25) is 0 Å². The normalized spacial score (nSPS) is 14.3. The summed E-state index contributed by atoms with van der Waals surface area (Å²) < 4.78 is 49.2. The second kappa shape index (κ2) is 5.32. The summed E-state index contributed by atoms with van der Waals surface area (Å²) >= 11 is 0. The fraction of sp³-hybridized carbons (Fsp3) is 0.167. The molecule has 4 aromatic rings. The zero-order chi connectivity index (χ0) is 18.9. The molecule has 0 atom stereocenters. The number of aromatic nitrogens is 3. The number of benzene rings is 1. The number of oxazole rings is 1. The number of nitrogen functional groups attached to an aromatic ring is 1. The third-order valence-electron chi connectivity index (χ3n) is 4.67. The van der Waals surface area contributed by atoms with Gasteiger partial charge in [-0.1, -0.05) is 0 Å². The lowest BCUT2D eigenvalue weighted by molar-refractivity contribution is 0.584. The summed E-state index contributed by atoms with van der Waals surface area (Å²) in [6.45, 7) is 0. The van der Waals surface area contributed by atoms with E-state index in [2.05, 4.69) is 9.97 Å². The summed E-state index contributed by atoms with van der Waals surface area (Å²) in [5.74, 6) is -2.81. The number of nitrogens with two attached hydrogens (primary N) is 1. The fourth-order valence-corrected chi connectivity index (χ4v) is 3.24. The van der Waals surface area contributed by atoms with Crippen LogP contribution in [-0.2, 0) is 0 Å². The highest BCUT2D eigenvalue weighted by Gasteiger charge is 2.30. The molecule has 3 aromatic heterocycles. The van der Waals surface area contributed by atoms with Crippen molar-refractivity contribution in [3.05, 3.63) is 52.4 Å². The van der Waals surface area contributed by atoms with E-state index in [1.54, 1.807) is 0 Å². The maximum atomic E-state index is 14.8. The van der Waals surface area contributed by atoms with Gasteiger partial charge in [-0.05, 0) is 25.0 Å². The van der Waals surface area contributed by atoms with Gasteiger partial charge >= 0.3 is 0 Å². The van der Waals surface area contributed by atoms with E-state index in [1.807, 2.05) is 0 Å². The smallest absolute Gasteiger partial charge is 0.282 e. The lowest BCUT2D eigenvalue weighted by atomic mass is 10.1. The van der Waals surface area contributed by atoms with Crippen LogP contribution in [0.4, 0.5) is 18.9 Å². The van der Waals surface area contributed by atoms with Crippen LogP contribution in [0.1, 0.15) is 18.9 Å². The maximum Gasteiger partial charge on any atom is 0.282 e. The lowest BCUT2D eigenvalue weighted by Gasteiger charge is -2.12. The van der Waals surface area contributed by atoms with Crippen molar-refractivity contribution in [3.8, 4) is 11.3 Å². The van der Waals surface area contributed by atoms with Crippen LogP contribution in [0.25, 0.3) is 33.4 Å². The van der Waals surface area contributed by atoms with Crippen LogP contribution in [0.2, 0.25) is 0 Å². The summed E-state index contributed by atoms with van der Waals surface area (Å²) in [5, 5.41) is 0.255. The molecule has 0 aliphatic heterocycles. The molecule has 1 aliphatic rings. The Morgan fingerprint density at radius 2 is 1.89 bits per heavy atom. The number of hydrogen-bond acceptors (Lipinski definition) is 5. The van der Waals surface area contributed by atoms with Crippen LogP contribution in [0.3, 0.4) is 0 Å². The topological polar surface area (TPSA) is 86.9 Å². The van der Waals surface area contributed by atoms with E-state index in [-0.39, 0.29) is 45.1 Å². The summed E-state index contributed by atoms with van der Waals surface area (Å²) in [6.07, 6.45) is 2.64. The van der Waals surface area contributed by atoms with Crippen molar-refractivity contribution in [2.45, 2.75) is 18.9 Å². The molecule has 1 aliphatic carbocycles. The number of hydrogen-bond donors (Lipinski definition) is 1. The van der Waals surface area contributed by atoms with Crippen LogP contribution in [0.15, 0.2) is 33.8 Å². The lowest BCUT2D eigenvalue weighted by Crippen LogP contribution is -2.21. The molecule has 0 unspecified atom stereocenters. The van der Waals surface area contributed by atoms with Crippen molar-refractivity contribution in [2.75, 3.05) is 5.73 Å². The number of pyridine rings is 2. The quantitative estimate of drug-likeness (QED) is 0.544. The number of rotatable bonds is 2. The van der Waals surface area contributed by atoms with Gasteiger partial charge in [-0.2, -0.15) is 0 Å². The first kappa shape index (κ1) is 15.9. The van der Waals surface area contributed by atoms with Crippen molar-refractivity contribution < 1.29 is 17.6 Å². The summed E-state index contributed by atoms with van der Waals surface area (Å²) in [5.41, 5.74) is 4.46. The fourth-order valence-electron chi connectivity index (χ4n) is 3.24. The molecule has 5 rings (SSSR count). The Hall–Kier alpha value is -3.36. The molecule has 2 N–H and O–H groups in total. The summed E-state index contributed by atoms with van der Waals surface area (Å²) in [7, 11) is 0. The molecule has 0 spiro atoms. The van der Waals surface area contributed by atoms with Gasteiger partial charge in [-0.3, -0.25) is 9.36 Å². The van der Waals surface area contributed by atoms with Crippen LogP contribution in [0, 0.1) is 17.5 Å². The van der Waals surface area contributed by atoms with Crippen LogP contribution in [0.5, 0.6) is 0 Å². The van der Waals surface area contributed by atoms with Crippen molar-refractivity contribution in [3.63, 3.8) is 0 Å². The maximum absolute atomic E-state index is 14.8. The van der Waals surface area contributed by atoms with Gasteiger partial charge in [0.05, 0.1) is 11.1 Å². The Labute approximate surface area is 149 Å². The van der Waals surface area contributed by atoms with Crippen molar-refractivity contribution in [2.24, 2.45) is 0 Å². The van der Waals surface area contributed by atoms with Crippen molar-refractivity contribution >= 4 is 27.8 Å². The molecule has 1 fully saturated rings. The standard InChI is InChI=1S/C18H11F3N4O2/c19-10-5-11(20)13(22)4-8(10)14-12(21)3-9-16-15(23-6-27-16)18(26)25(7-1-2-7)17(9)24-14/h3-7H,1-2,22H2. The first-order chi connectivity index (χ1) is 13.0. The SMILES string of the molecule is Nc1cc(-c2nc3c(cc2F)c2ocnc2c(=O)n3C2CC2)c(F)cc1F. The van der Waals surface area contributed by atoms with Crippen LogP contribution >= 0.6 is 0 Å². The zero-order valence-electron chi connectivity index (χ0n) is 13.7. The molecule has 3 heterocycles. The summed E-state index contributed by atoms with van der Waals surface area (Å²) in [6, 6.07) is 2.58. The Bertz CT molecular complexity index is 1310. The van der Waals surface area contributed by atoms with Crippen LogP contribution < -0.4 is 11.3 Å². The predicted octanol–water partition coefficient (Wildman–Crippen LogP) is 3.54. The molecule has 1 aromatic carbocycles. The Morgan fingerprint density at radius 3 is 2.63 bits per heavy atom. The molecule has 0 saturated heterocycles. The molecule has 0 amide bonds. The Balaban J connectivity index is 1.90. The number of anilines is 1. The molecular weight excluding hydrogens is 361 g/mol. The van der Waals surface area contributed by atoms with E-state index in [9.17, 15) is 18.0 Å². The molecule has 9 heteroatoms. The van der Waals surface area contributed by atoms with Crippen molar-refractivity contribution in [1.82, 2.24) is 14.5 Å². The molecule has 0 bridgehead atoms. The third-order valence-corrected chi connectivity index (χ3v) is 4.67. The van der Waals surface area contributed by atoms with Gasteiger partial charge in [-0.25, -0.2) is 23.1 Å². The van der Waals surface area contributed by atoms with E-state index in [1.165, 1.54) is 4.57 Å². The highest BCUT2D eigenvalue weighted by Crippen LogP contribution is 2.38. The van der Waals surface area contributed by atoms with Gasteiger partial charge in [0.25, 0.3) is 5.56 Å². The minimum atomic E-state index is -1.01. The van der Waals surface area contributed by atoms with Gasteiger partial charge in [-0.15, -0.1) is 0 Å². The van der Waals surface area contributed by atoms with Gasteiger partial charge < -0.3 is 10.2 Å². The highest BCUT2D eigenvalue weighted by molar-refractivity contribution is 6.00. The highest BCUT2D eigenvalue weighted by atomic mass is 19.1. The van der Waals surface area contributed by atoms with E-state index in [0.717, 1.165) is 31.4 Å². The monoisotopic (exact) mass is 372 g/mol. The number of halogens is 3. The Kier molecular flexibility index (Phi) is 3.13. The number of nitrogens with zero attached hydrogens (tertiary/aromatic N) is 3. The predicted molar refractivity (Wildman–Crippen MR) is 91.6 cm³/mol. The molecule has 27 heavy (non-hydrogen) atoms. The first-order valence-corrected chi connectivity index (χ1v) is 8.18. The molecular formula is C18H11F3N4O2. The second-order valence-corrected chi connectivity index (χ2v) is 6.48. The minimum Gasteiger partial charge on any atom is -0.442 e. The first-order valence-electron chi connectivity index (χ1n) is 8.18. The third kappa shape index (κ3) is 2.24. The van der Waals surface area contributed by atoms with E-state index >= 15 is 0 Å². The zero-order valence-corrected chi connectivity index (χ0v) is 13.7. The second-order valence-electron chi connectivity index (χ2n) is 6.48. The molecule has 0 radical (unpaired) electrons. The molecule has 1 saturated carbocycles. The van der Waals surface area contributed by atoms with E-state index < -0.39 is 23.0 Å². The van der Waals surface area contributed by atoms with Crippen molar-refractivity contribution in [1.29, 1.82) is 0 Å². The average molecular weight is 372 g/mol. The largest absolute Gasteiger partial charge is 0.442 e. The minimum absolute atomic E-state index is 0.0838. The van der Waals surface area contributed by atoms with E-state index in [4.69, 9.17) is 10.2 Å². The van der Waals surface area contributed by atoms with Crippen LogP contribution in [-0.4, -0.2) is 14.5 Å². The van der Waals surface area contributed by atoms with Gasteiger partial charge in [0.1, 0.15) is 28.8 Å². The van der Waals surface area contributed by atoms with E-state index in [0.29, 0.717) is 6.07 Å². The molecule has 6 nitrogen and oxygen atoms in total. The molecule has 136 valence electrons. The number of fused-ring (bicyclic) bond motifs is 3. The Morgan fingerprint density at radius 1 is 1.11 bits per heavy atom.